The van der Waals surface area contributed by atoms with Crippen molar-refractivity contribution in [1.29, 1.82) is 0 Å². The molecule has 184 valence electrons. The minimum atomic E-state index is -0.866. The van der Waals surface area contributed by atoms with E-state index in [2.05, 4.69) is 28.1 Å². The molecule has 0 spiro atoms. The number of nitrogens with one attached hydrogen (secondary N) is 1. The lowest BCUT2D eigenvalue weighted by Gasteiger charge is -2.52. The van der Waals surface area contributed by atoms with E-state index in [0.29, 0.717) is 18.6 Å². The number of thioether (sulfide) groups is 1. The average molecular weight is 528 g/mol. The first-order valence-electron chi connectivity index (χ1n) is 10.4. The van der Waals surface area contributed by atoms with Crippen molar-refractivity contribution in [2.75, 3.05) is 19.5 Å². The number of thiol groups is 1. The molecule has 4 atom stereocenters. The van der Waals surface area contributed by atoms with Crippen molar-refractivity contribution >= 4 is 63.5 Å². The molecule has 11 nitrogen and oxygen atoms in total. The molecule has 2 saturated heterocycles. The number of oxime groups is 1. The average Bonchev–Trinajstić information content (AvgIpc) is 3.19. The lowest BCUT2D eigenvalue weighted by atomic mass is 9.95. The topological polar surface area (TPSA) is 145 Å². The van der Waals surface area contributed by atoms with Crippen LogP contribution >= 0.6 is 35.7 Å². The number of ether oxygens (including phenoxy) is 2. The molecule has 0 radical (unpaired) electrons. The summed E-state index contributed by atoms with van der Waals surface area (Å²) >= 11 is 6.67. The SMILES string of the molecule is CO/N=C(\C(=O)NC1C(=O)N2C(C(=O)S)=C(C3CCOC(C)(C)O3)C(C)S[C@H]12)c1csc(N)n1. The van der Waals surface area contributed by atoms with Gasteiger partial charge in [0.1, 0.15) is 29.9 Å². The first kappa shape index (κ1) is 25.0. The Morgan fingerprint density at radius 3 is 2.76 bits per heavy atom. The number of fused-ring (bicyclic) bond motifs is 1. The molecule has 34 heavy (non-hydrogen) atoms. The Balaban J connectivity index is 1.58. The number of thiazole rings is 1. The van der Waals surface area contributed by atoms with Gasteiger partial charge in [0.2, 0.25) is 5.12 Å². The number of hydrogen-bond acceptors (Lipinski definition) is 11. The second kappa shape index (κ2) is 9.49. The van der Waals surface area contributed by atoms with Gasteiger partial charge >= 0.3 is 0 Å². The third-order valence-corrected chi connectivity index (χ3v) is 7.90. The maximum atomic E-state index is 13.1. The highest BCUT2D eigenvalue weighted by molar-refractivity contribution is 8.01. The molecule has 0 aliphatic carbocycles. The Hall–Kier alpha value is -2.13. The van der Waals surface area contributed by atoms with E-state index in [1.54, 1.807) is 19.2 Å². The number of rotatable bonds is 6. The van der Waals surface area contributed by atoms with E-state index in [0.717, 1.165) is 11.3 Å². The number of carbonyl (C=O) groups excluding carboxylic acids is 3. The van der Waals surface area contributed by atoms with E-state index >= 15 is 0 Å². The number of nitrogens with zero attached hydrogens (tertiary/aromatic N) is 3. The molecule has 4 heterocycles. The fraction of sp³-hybridized carbons (Fsp3) is 0.550. The van der Waals surface area contributed by atoms with Gasteiger partial charge in [-0.15, -0.1) is 23.1 Å². The molecule has 0 saturated carbocycles. The highest BCUT2D eigenvalue weighted by Crippen LogP contribution is 2.47. The van der Waals surface area contributed by atoms with E-state index in [4.69, 9.17) is 20.0 Å². The van der Waals surface area contributed by atoms with Crippen LogP contribution in [0.1, 0.15) is 32.9 Å². The molecule has 1 aromatic heterocycles. The van der Waals surface area contributed by atoms with Crippen molar-refractivity contribution in [3.05, 3.63) is 22.3 Å². The van der Waals surface area contributed by atoms with Gasteiger partial charge in [-0.1, -0.05) is 17.8 Å². The number of β-lactam (4-membered cyclic amide) rings is 1. The van der Waals surface area contributed by atoms with Crippen molar-refractivity contribution in [2.45, 2.75) is 55.7 Å². The number of carbonyl (C=O) groups is 3. The predicted octanol–water partition coefficient (Wildman–Crippen LogP) is 1.12. The van der Waals surface area contributed by atoms with Crippen LogP contribution in [0.5, 0.6) is 0 Å². The van der Waals surface area contributed by atoms with Gasteiger partial charge in [-0.2, -0.15) is 0 Å². The summed E-state index contributed by atoms with van der Waals surface area (Å²) in [5.74, 6) is -1.87. The summed E-state index contributed by atoms with van der Waals surface area (Å²) in [5, 5.41) is 7.10. The zero-order valence-electron chi connectivity index (χ0n) is 18.9. The fourth-order valence-corrected chi connectivity index (χ4v) is 6.48. The van der Waals surface area contributed by atoms with Crippen LogP contribution in [0.15, 0.2) is 21.8 Å². The maximum Gasteiger partial charge on any atom is 0.276 e. The zero-order valence-corrected chi connectivity index (χ0v) is 21.5. The summed E-state index contributed by atoms with van der Waals surface area (Å²) in [6.45, 7) is 6.02. The van der Waals surface area contributed by atoms with Crippen molar-refractivity contribution in [1.82, 2.24) is 15.2 Å². The quantitative estimate of drug-likeness (QED) is 0.214. The molecule has 3 aliphatic heterocycles. The minimum absolute atomic E-state index is 0.102. The second-order valence-corrected chi connectivity index (χ2v) is 11.0. The van der Waals surface area contributed by atoms with Crippen molar-refractivity contribution in [3.63, 3.8) is 0 Å². The van der Waals surface area contributed by atoms with Crippen LogP contribution in [-0.2, 0) is 28.7 Å². The predicted molar refractivity (Wildman–Crippen MR) is 130 cm³/mol. The molecule has 0 bridgehead atoms. The van der Waals surface area contributed by atoms with Crippen LogP contribution in [-0.4, -0.2) is 74.8 Å². The van der Waals surface area contributed by atoms with Crippen LogP contribution in [0.3, 0.4) is 0 Å². The molecule has 0 aromatic carbocycles. The first-order chi connectivity index (χ1) is 16.0. The molecule has 3 unspecified atom stereocenters. The molecule has 2 fully saturated rings. The lowest BCUT2D eigenvalue weighted by Crippen LogP contribution is -2.71. The summed E-state index contributed by atoms with van der Waals surface area (Å²) in [5.41, 5.74) is 6.71. The Morgan fingerprint density at radius 1 is 1.44 bits per heavy atom. The molecule has 14 heteroatoms. The molecule has 3 N–H and O–H groups in total. The van der Waals surface area contributed by atoms with Gasteiger partial charge in [0.05, 0.1) is 12.7 Å². The van der Waals surface area contributed by atoms with Gasteiger partial charge < -0.3 is 25.4 Å². The Bertz CT molecular complexity index is 1090. The van der Waals surface area contributed by atoms with E-state index in [1.807, 2.05) is 6.92 Å². The van der Waals surface area contributed by atoms with E-state index in [1.165, 1.54) is 23.8 Å². The lowest BCUT2D eigenvalue weighted by molar-refractivity contribution is -0.265. The summed E-state index contributed by atoms with van der Waals surface area (Å²) in [7, 11) is 1.30. The monoisotopic (exact) mass is 527 g/mol. The highest BCUT2D eigenvalue weighted by atomic mass is 32.2. The Kier molecular flexibility index (Phi) is 6.97. The number of nitrogens with two attached hydrogens (primary N) is 1. The normalized spacial score (nSPS) is 28.8. The molecule has 2 amide bonds. The van der Waals surface area contributed by atoms with Gasteiger partial charge in [-0.25, -0.2) is 4.98 Å². The van der Waals surface area contributed by atoms with Gasteiger partial charge in [0.15, 0.2) is 16.6 Å². The summed E-state index contributed by atoms with van der Waals surface area (Å²) in [6.07, 6.45) is 0.157. The third-order valence-electron chi connectivity index (χ3n) is 5.59. The van der Waals surface area contributed by atoms with Crippen molar-refractivity contribution < 1.29 is 28.7 Å². The Labute approximate surface area is 209 Å². The van der Waals surface area contributed by atoms with E-state index in [-0.39, 0.29) is 27.5 Å². The summed E-state index contributed by atoms with van der Waals surface area (Å²) in [4.78, 5) is 48.9. The maximum absolute atomic E-state index is 13.1. The molecule has 1 aromatic rings. The van der Waals surface area contributed by atoms with Crippen molar-refractivity contribution in [2.24, 2.45) is 5.16 Å². The molecular weight excluding hydrogens is 502 g/mol. The van der Waals surface area contributed by atoms with Crippen LogP contribution < -0.4 is 11.1 Å². The molecular formula is C20H25N5O6S3. The highest BCUT2D eigenvalue weighted by Gasteiger charge is 2.56. The number of anilines is 1. The minimum Gasteiger partial charge on any atom is -0.398 e. The van der Waals surface area contributed by atoms with E-state index < -0.39 is 40.2 Å². The first-order valence-corrected chi connectivity index (χ1v) is 12.7. The molecule has 4 rings (SSSR count). The fourth-order valence-electron chi connectivity index (χ4n) is 4.20. The van der Waals surface area contributed by atoms with Gasteiger partial charge in [0.25, 0.3) is 11.8 Å². The third kappa shape index (κ3) is 4.56. The number of amides is 2. The largest absolute Gasteiger partial charge is 0.398 e. The standard InChI is InChI=1S/C20H25N5O6S3/c1-8-11(10-5-6-30-20(2,3)31-10)14(18(28)32)25-16(27)13(17(25)34-8)23-15(26)12(24-29-4)9-7-33-19(21)22-9/h7-8,10,13,17H,5-6H2,1-4H3,(H2,21,22)(H,23,26)(H,28,32)/b24-12-/t8?,10?,13?,17-/m1/s1. The van der Waals surface area contributed by atoms with Crippen LogP contribution in [0, 0.1) is 0 Å². The number of nitrogen functional groups attached to an aromatic ring is 1. The zero-order chi connectivity index (χ0) is 24.8. The van der Waals surface area contributed by atoms with Gasteiger partial charge in [-0.05, 0) is 26.3 Å². The summed E-state index contributed by atoms with van der Waals surface area (Å²) in [6, 6.07) is -0.866. The van der Waals surface area contributed by atoms with Gasteiger partial charge in [-0.3, -0.25) is 19.3 Å². The smallest absolute Gasteiger partial charge is 0.276 e. The van der Waals surface area contributed by atoms with Crippen LogP contribution in [0.25, 0.3) is 0 Å². The number of hydrogen-bond donors (Lipinski definition) is 3. The summed E-state index contributed by atoms with van der Waals surface area (Å²) < 4.78 is 11.7. The number of aromatic nitrogens is 1. The van der Waals surface area contributed by atoms with Crippen molar-refractivity contribution in [3.8, 4) is 0 Å². The van der Waals surface area contributed by atoms with Crippen LogP contribution in [0.2, 0.25) is 0 Å². The van der Waals surface area contributed by atoms with Crippen LogP contribution in [0.4, 0.5) is 5.13 Å². The van der Waals surface area contributed by atoms with E-state index in [9.17, 15) is 14.4 Å². The second-order valence-electron chi connectivity index (χ2n) is 8.27. The Morgan fingerprint density at radius 2 is 2.18 bits per heavy atom. The van der Waals surface area contributed by atoms with Gasteiger partial charge in [0, 0.05) is 17.1 Å². The molecule has 3 aliphatic rings.